The van der Waals surface area contributed by atoms with E-state index in [4.69, 9.17) is 22.1 Å². The Kier molecular flexibility index (Phi) is 9.79. The van der Waals surface area contributed by atoms with Crippen LogP contribution in [0.15, 0.2) is 42.5 Å². The van der Waals surface area contributed by atoms with Crippen molar-refractivity contribution in [3.63, 3.8) is 0 Å². The van der Waals surface area contributed by atoms with Crippen LogP contribution in [0.3, 0.4) is 0 Å². The van der Waals surface area contributed by atoms with Crippen LogP contribution in [0.4, 0.5) is 5.69 Å². The molecule has 0 bridgehead atoms. The Balaban J connectivity index is 0.00000392. The molecule has 28 heavy (non-hydrogen) atoms. The van der Waals surface area contributed by atoms with Crippen LogP contribution in [0.1, 0.15) is 17.5 Å². The first-order valence-electron chi connectivity index (χ1n) is 8.62. The number of carbonyl (C=O) groups excluding carboxylic acids is 2. The van der Waals surface area contributed by atoms with E-state index in [0.29, 0.717) is 22.9 Å². The molecule has 0 fully saturated rings. The second kappa shape index (κ2) is 11.5. The molecule has 0 aliphatic carbocycles. The molecule has 2 rings (SSSR count). The summed E-state index contributed by atoms with van der Waals surface area (Å²) >= 11 is 6.06. The van der Waals surface area contributed by atoms with Crippen molar-refractivity contribution < 1.29 is 14.3 Å². The maximum Gasteiger partial charge on any atom is 0.237 e. The zero-order valence-corrected chi connectivity index (χ0v) is 17.4. The number of hydrogen-bond acceptors (Lipinski definition) is 4. The molecule has 0 aliphatic heterocycles. The summed E-state index contributed by atoms with van der Waals surface area (Å²) in [6.07, 6.45) is 0.564. The van der Waals surface area contributed by atoms with Gasteiger partial charge in [-0.15, -0.1) is 12.4 Å². The van der Waals surface area contributed by atoms with E-state index in [1.165, 1.54) is 7.11 Å². The van der Waals surface area contributed by atoms with Gasteiger partial charge in [-0.05, 0) is 30.5 Å². The Labute approximate surface area is 176 Å². The SMILES string of the molecule is COc1cc(Cl)c(C)cc1NC(=O)CCNC(=O)[C@@H](N)Cc1ccccc1.Cl. The lowest BCUT2D eigenvalue weighted by atomic mass is 10.1. The van der Waals surface area contributed by atoms with Gasteiger partial charge in [0.25, 0.3) is 0 Å². The molecule has 2 aromatic rings. The molecule has 0 radical (unpaired) electrons. The number of amides is 2. The second-order valence-corrected chi connectivity index (χ2v) is 6.59. The predicted octanol–water partition coefficient (Wildman–Crippen LogP) is 3.09. The number of carbonyl (C=O) groups is 2. The van der Waals surface area contributed by atoms with Gasteiger partial charge < -0.3 is 21.1 Å². The second-order valence-electron chi connectivity index (χ2n) is 6.19. The molecule has 0 unspecified atom stereocenters. The molecule has 0 saturated carbocycles. The molecule has 0 spiro atoms. The maximum atomic E-state index is 12.1. The third-order valence-electron chi connectivity index (χ3n) is 4.04. The van der Waals surface area contributed by atoms with E-state index in [2.05, 4.69) is 10.6 Å². The molecule has 2 aromatic carbocycles. The maximum absolute atomic E-state index is 12.1. The third-order valence-corrected chi connectivity index (χ3v) is 4.45. The fraction of sp³-hybridized carbons (Fsp3) is 0.300. The van der Waals surface area contributed by atoms with Gasteiger partial charge in [0.05, 0.1) is 18.8 Å². The van der Waals surface area contributed by atoms with E-state index in [-0.39, 0.29) is 37.2 Å². The Hall–Kier alpha value is -2.28. The monoisotopic (exact) mass is 425 g/mol. The summed E-state index contributed by atoms with van der Waals surface area (Å²) in [4.78, 5) is 24.2. The summed E-state index contributed by atoms with van der Waals surface area (Å²) in [5, 5.41) is 6.02. The van der Waals surface area contributed by atoms with Crippen LogP contribution in [-0.4, -0.2) is 31.5 Å². The Morgan fingerprint density at radius 2 is 1.89 bits per heavy atom. The Morgan fingerprint density at radius 1 is 1.21 bits per heavy atom. The predicted molar refractivity (Wildman–Crippen MR) is 114 cm³/mol. The number of halogens is 2. The number of benzene rings is 2. The lowest BCUT2D eigenvalue weighted by Crippen LogP contribution is -2.42. The summed E-state index contributed by atoms with van der Waals surface area (Å²) in [6, 6.07) is 12.3. The van der Waals surface area contributed by atoms with Crippen molar-refractivity contribution in [3.8, 4) is 5.75 Å². The van der Waals surface area contributed by atoms with E-state index >= 15 is 0 Å². The third kappa shape index (κ3) is 7.03. The molecule has 0 aromatic heterocycles. The average Bonchev–Trinajstić information content (AvgIpc) is 2.65. The first-order valence-corrected chi connectivity index (χ1v) is 8.99. The van der Waals surface area contributed by atoms with Gasteiger partial charge in [-0.25, -0.2) is 0 Å². The van der Waals surface area contributed by atoms with Gasteiger partial charge in [-0.1, -0.05) is 41.9 Å². The summed E-state index contributed by atoms with van der Waals surface area (Å²) in [7, 11) is 1.50. The van der Waals surface area contributed by atoms with Gasteiger partial charge in [0.15, 0.2) is 0 Å². The lowest BCUT2D eigenvalue weighted by molar-refractivity contribution is -0.122. The van der Waals surface area contributed by atoms with Gasteiger partial charge in [-0.2, -0.15) is 0 Å². The topological polar surface area (TPSA) is 93.5 Å². The highest BCUT2D eigenvalue weighted by atomic mass is 35.5. The van der Waals surface area contributed by atoms with Gasteiger partial charge >= 0.3 is 0 Å². The number of rotatable bonds is 8. The van der Waals surface area contributed by atoms with E-state index < -0.39 is 6.04 Å². The average molecular weight is 426 g/mol. The summed E-state index contributed by atoms with van der Waals surface area (Å²) in [5.41, 5.74) is 8.27. The summed E-state index contributed by atoms with van der Waals surface area (Å²) in [6.45, 7) is 2.04. The molecular formula is C20H25Cl2N3O3. The fourth-order valence-electron chi connectivity index (χ4n) is 2.53. The number of methoxy groups -OCH3 is 1. The van der Waals surface area contributed by atoms with Crippen LogP contribution >= 0.6 is 24.0 Å². The van der Waals surface area contributed by atoms with Crippen LogP contribution in [0.25, 0.3) is 0 Å². The molecule has 4 N–H and O–H groups in total. The van der Waals surface area contributed by atoms with Gasteiger partial charge in [0.2, 0.25) is 11.8 Å². The van der Waals surface area contributed by atoms with Crippen molar-refractivity contribution in [2.24, 2.45) is 5.73 Å². The first kappa shape index (κ1) is 23.8. The van der Waals surface area contributed by atoms with E-state index in [0.717, 1.165) is 11.1 Å². The number of hydrogen-bond donors (Lipinski definition) is 3. The van der Waals surface area contributed by atoms with Crippen molar-refractivity contribution in [2.45, 2.75) is 25.8 Å². The van der Waals surface area contributed by atoms with Crippen LogP contribution in [0, 0.1) is 6.92 Å². The standard InChI is InChI=1S/C20H24ClN3O3.ClH/c1-13-10-17(18(27-2)12-15(13)21)24-19(25)8-9-23-20(26)16(22)11-14-6-4-3-5-7-14;/h3-7,10,12,16H,8-9,11,22H2,1-2H3,(H,23,26)(H,24,25);1H/t16-;/m0./s1. The summed E-state index contributed by atoms with van der Waals surface area (Å²) < 4.78 is 5.23. The smallest absolute Gasteiger partial charge is 0.237 e. The Morgan fingerprint density at radius 3 is 2.54 bits per heavy atom. The van der Waals surface area contributed by atoms with Crippen LogP contribution in [-0.2, 0) is 16.0 Å². The van der Waals surface area contributed by atoms with Crippen LogP contribution < -0.4 is 21.1 Å². The highest BCUT2D eigenvalue weighted by molar-refractivity contribution is 6.31. The highest BCUT2D eigenvalue weighted by Crippen LogP contribution is 2.30. The largest absolute Gasteiger partial charge is 0.495 e. The Bertz CT molecular complexity index is 801. The van der Waals surface area contributed by atoms with Crippen LogP contribution in [0.2, 0.25) is 5.02 Å². The molecule has 1 atom stereocenters. The van der Waals surface area contributed by atoms with Crippen molar-refractivity contribution >= 4 is 41.5 Å². The minimum Gasteiger partial charge on any atom is -0.495 e. The molecular weight excluding hydrogens is 401 g/mol. The molecule has 152 valence electrons. The summed E-state index contributed by atoms with van der Waals surface area (Å²) in [5.74, 6) is -0.0496. The number of anilines is 1. The quantitative estimate of drug-likeness (QED) is 0.605. The zero-order chi connectivity index (χ0) is 19.8. The van der Waals surface area contributed by atoms with Gasteiger partial charge in [0, 0.05) is 24.1 Å². The van der Waals surface area contributed by atoms with E-state index in [1.54, 1.807) is 12.1 Å². The number of nitrogens with one attached hydrogen (secondary N) is 2. The fourth-order valence-corrected chi connectivity index (χ4v) is 2.69. The van der Waals surface area contributed by atoms with Crippen molar-refractivity contribution in [1.29, 1.82) is 0 Å². The number of aryl methyl sites for hydroxylation is 1. The molecule has 2 amide bonds. The normalized spacial score (nSPS) is 11.1. The molecule has 0 heterocycles. The van der Waals surface area contributed by atoms with E-state index in [1.807, 2.05) is 37.3 Å². The van der Waals surface area contributed by atoms with Crippen molar-refractivity contribution in [1.82, 2.24) is 5.32 Å². The highest BCUT2D eigenvalue weighted by Gasteiger charge is 2.15. The molecule has 8 heteroatoms. The lowest BCUT2D eigenvalue weighted by Gasteiger charge is -2.14. The van der Waals surface area contributed by atoms with Crippen LogP contribution in [0.5, 0.6) is 5.75 Å². The van der Waals surface area contributed by atoms with Gasteiger partial charge in [0.1, 0.15) is 5.75 Å². The molecule has 0 saturated heterocycles. The van der Waals surface area contributed by atoms with Crippen molar-refractivity contribution in [2.75, 3.05) is 19.0 Å². The van der Waals surface area contributed by atoms with E-state index in [9.17, 15) is 9.59 Å². The van der Waals surface area contributed by atoms with Gasteiger partial charge in [-0.3, -0.25) is 9.59 Å². The minimum absolute atomic E-state index is 0. The molecule has 6 nitrogen and oxygen atoms in total. The first-order chi connectivity index (χ1) is 12.9. The number of ether oxygens (including phenoxy) is 1. The van der Waals surface area contributed by atoms with Crippen molar-refractivity contribution in [3.05, 3.63) is 58.6 Å². The zero-order valence-electron chi connectivity index (χ0n) is 15.8. The minimum atomic E-state index is -0.658. The number of nitrogens with two attached hydrogens (primary N) is 1. The molecule has 0 aliphatic rings.